The highest BCUT2D eigenvalue weighted by molar-refractivity contribution is 9.10. The molecular weight excluding hydrogens is 268 g/mol. The number of ether oxygens (including phenoxy) is 1. The van der Waals surface area contributed by atoms with E-state index in [4.69, 9.17) is 4.74 Å². The quantitative estimate of drug-likeness (QED) is 0.614. The first kappa shape index (κ1) is 11.4. The van der Waals surface area contributed by atoms with Crippen LogP contribution >= 0.6 is 15.9 Å². The van der Waals surface area contributed by atoms with Crippen molar-refractivity contribution in [2.45, 2.75) is 19.8 Å². The second-order valence-electron chi connectivity index (χ2n) is 3.69. The Balaban J connectivity index is 2.30. The summed E-state index contributed by atoms with van der Waals surface area (Å²) >= 11 is 3.53. The fraction of sp³-hybridized carbons (Fsp3) is 0.308. The third kappa shape index (κ3) is 2.19. The fourth-order valence-electron chi connectivity index (χ4n) is 1.98. The van der Waals surface area contributed by atoms with Crippen molar-refractivity contribution in [1.29, 1.82) is 0 Å². The van der Waals surface area contributed by atoms with Crippen LogP contribution in [0.5, 0.6) is 0 Å². The van der Waals surface area contributed by atoms with Gasteiger partial charge in [-0.1, -0.05) is 28.1 Å². The van der Waals surface area contributed by atoms with Gasteiger partial charge in [-0.05, 0) is 42.5 Å². The van der Waals surface area contributed by atoms with Gasteiger partial charge in [0, 0.05) is 10.5 Å². The van der Waals surface area contributed by atoms with E-state index < -0.39 is 0 Å². The van der Waals surface area contributed by atoms with E-state index >= 15 is 0 Å². The van der Waals surface area contributed by atoms with Crippen molar-refractivity contribution in [2.24, 2.45) is 0 Å². The van der Waals surface area contributed by atoms with Crippen LogP contribution in [0.1, 0.15) is 24.5 Å². The molecule has 0 saturated heterocycles. The van der Waals surface area contributed by atoms with E-state index in [1.807, 2.05) is 19.1 Å². The molecule has 1 aliphatic rings. The zero-order chi connectivity index (χ0) is 11.5. The van der Waals surface area contributed by atoms with Gasteiger partial charge in [0.15, 0.2) is 0 Å². The lowest BCUT2D eigenvalue weighted by Crippen LogP contribution is -2.00. The van der Waals surface area contributed by atoms with Crippen LogP contribution in [0.4, 0.5) is 0 Å². The normalized spacial score (nSPS) is 16.2. The van der Waals surface area contributed by atoms with E-state index in [2.05, 4.69) is 22.0 Å². The van der Waals surface area contributed by atoms with Crippen molar-refractivity contribution in [2.75, 3.05) is 6.61 Å². The van der Waals surface area contributed by atoms with E-state index in [-0.39, 0.29) is 5.97 Å². The molecule has 0 radical (unpaired) electrons. The van der Waals surface area contributed by atoms with E-state index in [0.29, 0.717) is 6.61 Å². The van der Waals surface area contributed by atoms with Gasteiger partial charge in [-0.3, -0.25) is 0 Å². The van der Waals surface area contributed by atoms with Crippen LogP contribution in [0.3, 0.4) is 0 Å². The molecule has 2 rings (SSSR count). The van der Waals surface area contributed by atoms with Crippen molar-refractivity contribution in [3.05, 3.63) is 39.9 Å². The Labute approximate surface area is 103 Å². The number of rotatable bonds is 2. The molecule has 0 heterocycles. The van der Waals surface area contributed by atoms with Crippen LogP contribution in [0.25, 0.3) is 5.57 Å². The van der Waals surface area contributed by atoms with Crippen molar-refractivity contribution in [1.82, 2.24) is 0 Å². The van der Waals surface area contributed by atoms with Gasteiger partial charge in [0.05, 0.1) is 6.61 Å². The van der Waals surface area contributed by atoms with Crippen LogP contribution in [0.2, 0.25) is 0 Å². The minimum Gasteiger partial charge on any atom is -0.463 e. The highest BCUT2D eigenvalue weighted by Crippen LogP contribution is 2.36. The number of allylic oxidation sites excluding steroid dienone is 1. The summed E-state index contributed by atoms with van der Waals surface area (Å²) in [5, 5.41) is 0. The number of fused-ring (bicyclic) bond motifs is 1. The highest BCUT2D eigenvalue weighted by Gasteiger charge is 2.19. The fourth-order valence-corrected chi connectivity index (χ4v) is 2.55. The smallest absolute Gasteiger partial charge is 0.331 e. The van der Waals surface area contributed by atoms with Crippen molar-refractivity contribution in [3.8, 4) is 0 Å². The maximum absolute atomic E-state index is 11.4. The van der Waals surface area contributed by atoms with Gasteiger partial charge < -0.3 is 4.74 Å². The van der Waals surface area contributed by atoms with E-state index in [0.717, 1.165) is 22.9 Å². The average Bonchev–Trinajstić information content (AvgIpc) is 2.64. The summed E-state index contributed by atoms with van der Waals surface area (Å²) in [6.45, 7) is 2.24. The topological polar surface area (TPSA) is 26.3 Å². The molecule has 0 aromatic heterocycles. The number of benzene rings is 1. The van der Waals surface area contributed by atoms with Crippen LogP contribution in [-0.2, 0) is 16.0 Å². The molecule has 16 heavy (non-hydrogen) atoms. The zero-order valence-electron chi connectivity index (χ0n) is 9.13. The van der Waals surface area contributed by atoms with E-state index in [9.17, 15) is 4.79 Å². The first-order valence-electron chi connectivity index (χ1n) is 5.37. The largest absolute Gasteiger partial charge is 0.463 e. The van der Waals surface area contributed by atoms with Crippen LogP contribution < -0.4 is 0 Å². The van der Waals surface area contributed by atoms with Crippen LogP contribution in [0, 0.1) is 0 Å². The minimum absolute atomic E-state index is 0.245. The van der Waals surface area contributed by atoms with Gasteiger partial charge >= 0.3 is 5.97 Å². The molecule has 0 amide bonds. The molecule has 3 heteroatoms. The lowest BCUT2D eigenvalue weighted by atomic mass is 10.1. The Morgan fingerprint density at radius 2 is 2.31 bits per heavy atom. The lowest BCUT2D eigenvalue weighted by Gasteiger charge is -2.02. The monoisotopic (exact) mass is 280 g/mol. The molecule has 84 valence electrons. The van der Waals surface area contributed by atoms with Crippen molar-refractivity contribution in [3.63, 3.8) is 0 Å². The van der Waals surface area contributed by atoms with Crippen molar-refractivity contribution < 1.29 is 9.53 Å². The van der Waals surface area contributed by atoms with Gasteiger partial charge in [-0.2, -0.15) is 0 Å². The Morgan fingerprint density at radius 1 is 1.50 bits per heavy atom. The first-order chi connectivity index (χ1) is 7.72. The predicted molar refractivity (Wildman–Crippen MR) is 67.1 cm³/mol. The average molecular weight is 281 g/mol. The second-order valence-corrected chi connectivity index (χ2v) is 4.54. The molecule has 0 unspecified atom stereocenters. The number of hydrogen-bond donors (Lipinski definition) is 0. The SMILES string of the molecule is CCOC(=O)/C=C1\CCc2c(Br)cccc21. The molecule has 0 atom stereocenters. The molecule has 0 bridgehead atoms. The van der Waals surface area contributed by atoms with Gasteiger partial charge in [-0.25, -0.2) is 4.79 Å². The standard InChI is InChI=1S/C13H13BrO2/c1-2-16-13(15)8-9-6-7-11-10(9)4-3-5-12(11)14/h3-5,8H,2,6-7H2,1H3/b9-8+. The number of hydrogen-bond acceptors (Lipinski definition) is 2. The molecule has 1 aliphatic carbocycles. The summed E-state index contributed by atoms with van der Waals surface area (Å²) in [6.07, 6.45) is 3.51. The predicted octanol–water partition coefficient (Wildman–Crippen LogP) is 3.34. The Hall–Kier alpha value is -1.09. The summed E-state index contributed by atoms with van der Waals surface area (Å²) < 4.78 is 6.04. The summed E-state index contributed by atoms with van der Waals surface area (Å²) in [4.78, 5) is 11.4. The Kier molecular flexibility index (Phi) is 3.44. The highest BCUT2D eigenvalue weighted by atomic mass is 79.9. The molecule has 0 saturated carbocycles. The maximum atomic E-state index is 11.4. The summed E-state index contributed by atoms with van der Waals surface area (Å²) in [7, 11) is 0. The van der Waals surface area contributed by atoms with Gasteiger partial charge in [0.1, 0.15) is 0 Å². The number of esters is 1. The first-order valence-corrected chi connectivity index (χ1v) is 6.16. The molecule has 0 N–H and O–H groups in total. The number of carbonyl (C=O) groups excluding carboxylic acids is 1. The third-order valence-electron chi connectivity index (χ3n) is 2.69. The lowest BCUT2D eigenvalue weighted by molar-refractivity contribution is -0.137. The molecule has 0 spiro atoms. The molecule has 1 aromatic carbocycles. The molecule has 0 fully saturated rings. The van der Waals surface area contributed by atoms with Gasteiger partial charge in [0.2, 0.25) is 0 Å². The molecule has 1 aromatic rings. The second kappa shape index (κ2) is 4.83. The van der Waals surface area contributed by atoms with Crippen LogP contribution in [-0.4, -0.2) is 12.6 Å². The van der Waals surface area contributed by atoms with Gasteiger partial charge in [0.25, 0.3) is 0 Å². The summed E-state index contributed by atoms with van der Waals surface area (Å²) in [5.74, 6) is -0.245. The number of carbonyl (C=O) groups is 1. The van der Waals surface area contributed by atoms with Gasteiger partial charge in [-0.15, -0.1) is 0 Å². The van der Waals surface area contributed by atoms with E-state index in [1.165, 1.54) is 11.1 Å². The summed E-state index contributed by atoms with van der Waals surface area (Å²) in [5.41, 5.74) is 3.54. The van der Waals surface area contributed by atoms with Crippen molar-refractivity contribution >= 4 is 27.5 Å². The minimum atomic E-state index is -0.245. The Bertz CT molecular complexity index is 449. The molecule has 2 nitrogen and oxygen atoms in total. The van der Waals surface area contributed by atoms with Crippen LogP contribution in [0.15, 0.2) is 28.7 Å². The number of halogens is 1. The van der Waals surface area contributed by atoms with E-state index in [1.54, 1.807) is 6.08 Å². The Morgan fingerprint density at radius 3 is 3.06 bits per heavy atom. The third-order valence-corrected chi connectivity index (χ3v) is 3.43. The zero-order valence-corrected chi connectivity index (χ0v) is 10.7. The summed E-state index contributed by atoms with van der Waals surface area (Å²) in [6, 6.07) is 6.08. The molecular formula is C13H13BrO2. The maximum Gasteiger partial charge on any atom is 0.331 e. The molecule has 0 aliphatic heterocycles.